The Morgan fingerprint density at radius 2 is 1.92 bits per heavy atom. The number of likely N-dealkylation sites (N-methyl/N-ethyl adjacent to an activating group) is 1. The standard InChI is InChI=1S/C20H21FN2O3/c1-22(13-14-26-18-6-3-2-5-17(18)21)20(25)15-8-10-16(11-9-15)23-12-4-7-19(23)24/h2-3,5-6,8-11H,4,7,12-14H2,1H3. The third-order valence-corrected chi connectivity index (χ3v) is 4.37. The van der Waals surface area contributed by atoms with E-state index < -0.39 is 5.82 Å². The number of hydrogen-bond acceptors (Lipinski definition) is 3. The van der Waals surface area contributed by atoms with E-state index in [-0.39, 0.29) is 24.2 Å². The Morgan fingerprint density at radius 1 is 1.19 bits per heavy atom. The van der Waals surface area contributed by atoms with E-state index in [1.807, 2.05) is 0 Å². The first-order chi connectivity index (χ1) is 12.6. The molecule has 1 aliphatic rings. The fourth-order valence-electron chi connectivity index (χ4n) is 2.88. The second-order valence-corrected chi connectivity index (χ2v) is 6.20. The van der Waals surface area contributed by atoms with Crippen LogP contribution in [0.3, 0.4) is 0 Å². The predicted octanol–water partition coefficient (Wildman–Crippen LogP) is 3.10. The molecule has 2 aromatic carbocycles. The molecule has 1 heterocycles. The minimum atomic E-state index is -0.423. The van der Waals surface area contributed by atoms with Gasteiger partial charge in [0.15, 0.2) is 11.6 Å². The summed E-state index contributed by atoms with van der Waals surface area (Å²) >= 11 is 0. The molecule has 0 spiro atoms. The Balaban J connectivity index is 1.54. The lowest BCUT2D eigenvalue weighted by Gasteiger charge is -2.19. The molecule has 2 amide bonds. The Bertz CT molecular complexity index is 792. The van der Waals surface area contributed by atoms with Crippen LogP contribution in [0.5, 0.6) is 5.75 Å². The van der Waals surface area contributed by atoms with Gasteiger partial charge in [-0.1, -0.05) is 12.1 Å². The van der Waals surface area contributed by atoms with Crippen LogP contribution in [0.4, 0.5) is 10.1 Å². The van der Waals surface area contributed by atoms with Crippen LogP contribution < -0.4 is 9.64 Å². The SMILES string of the molecule is CN(CCOc1ccccc1F)C(=O)c1ccc(N2CCCC2=O)cc1. The molecule has 1 aliphatic heterocycles. The van der Waals surface area contributed by atoms with Crippen LogP contribution in [0.1, 0.15) is 23.2 Å². The van der Waals surface area contributed by atoms with Gasteiger partial charge in [-0.05, 0) is 42.8 Å². The molecule has 0 N–H and O–H groups in total. The number of para-hydroxylation sites is 1. The second-order valence-electron chi connectivity index (χ2n) is 6.20. The monoisotopic (exact) mass is 356 g/mol. The summed E-state index contributed by atoms with van der Waals surface area (Å²) in [6, 6.07) is 13.2. The van der Waals surface area contributed by atoms with E-state index in [9.17, 15) is 14.0 Å². The van der Waals surface area contributed by atoms with Gasteiger partial charge in [-0.15, -0.1) is 0 Å². The summed E-state index contributed by atoms with van der Waals surface area (Å²) in [4.78, 5) is 27.5. The lowest BCUT2D eigenvalue weighted by atomic mass is 10.1. The van der Waals surface area contributed by atoms with Crippen molar-refractivity contribution in [3.63, 3.8) is 0 Å². The predicted molar refractivity (Wildman–Crippen MR) is 96.9 cm³/mol. The zero-order valence-corrected chi connectivity index (χ0v) is 14.7. The van der Waals surface area contributed by atoms with Crippen molar-refractivity contribution >= 4 is 17.5 Å². The van der Waals surface area contributed by atoms with Crippen molar-refractivity contribution in [2.24, 2.45) is 0 Å². The van der Waals surface area contributed by atoms with E-state index in [0.717, 1.165) is 18.7 Å². The van der Waals surface area contributed by atoms with E-state index >= 15 is 0 Å². The summed E-state index contributed by atoms with van der Waals surface area (Å²) in [6.45, 7) is 1.25. The molecule has 0 radical (unpaired) electrons. The molecule has 1 saturated heterocycles. The molecular weight excluding hydrogens is 335 g/mol. The van der Waals surface area contributed by atoms with Crippen molar-refractivity contribution in [3.8, 4) is 5.75 Å². The normalized spacial score (nSPS) is 13.8. The molecule has 0 aliphatic carbocycles. The van der Waals surface area contributed by atoms with Crippen LogP contribution in [0.15, 0.2) is 48.5 Å². The largest absolute Gasteiger partial charge is 0.489 e. The molecule has 3 rings (SSSR count). The van der Waals surface area contributed by atoms with Crippen LogP contribution in [0.2, 0.25) is 0 Å². The first-order valence-corrected chi connectivity index (χ1v) is 8.59. The molecule has 0 bridgehead atoms. The molecule has 6 heteroatoms. The number of nitrogens with zero attached hydrogens (tertiary/aromatic N) is 2. The highest BCUT2D eigenvalue weighted by atomic mass is 19.1. The molecule has 1 fully saturated rings. The van der Waals surface area contributed by atoms with E-state index in [0.29, 0.717) is 18.5 Å². The second kappa shape index (κ2) is 7.99. The van der Waals surface area contributed by atoms with Crippen LogP contribution in [-0.2, 0) is 4.79 Å². The summed E-state index contributed by atoms with van der Waals surface area (Å²) in [5, 5.41) is 0. The maximum atomic E-state index is 13.5. The molecule has 2 aromatic rings. The summed E-state index contributed by atoms with van der Waals surface area (Å²) in [6.07, 6.45) is 1.44. The highest BCUT2D eigenvalue weighted by Crippen LogP contribution is 2.22. The average molecular weight is 356 g/mol. The number of rotatable bonds is 6. The lowest BCUT2D eigenvalue weighted by Crippen LogP contribution is -2.31. The lowest BCUT2D eigenvalue weighted by molar-refractivity contribution is -0.117. The van der Waals surface area contributed by atoms with Crippen LogP contribution in [0.25, 0.3) is 0 Å². The van der Waals surface area contributed by atoms with Gasteiger partial charge in [-0.2, -0.15) is 0 Å². The quantitative estimate of drug-likeness (QED) is 0.799. The molecule has 0 saturated carbocycles. The van der Waals surface area contributed by atoms with E-state index in [1.165, 1.54) is 11.0 Å². The van der Waals surface area contributed by atoms with Crippen LogP contribution in [0, 0.1) is 5.82 Å². The number of amides is 2. The zero-order chi connectivity index (χ0) is 18.5. The number of anilines is 1. The van der Waals surface area contributed by atoms with Crippen LogP contribution in [-0.4, -0.2) is 43.5 Å². The van der Waals surface area contributed by atoms with E-state index in [4.69, 9.17) is 4.74 Å². The van der Waals surface area contributed by atoms with Gasteiger partial charge in [0.2, 0.25) is 5.91 Å². The van der Waals surface area contributed by atoms with Crippen molar-refractivity contribution in [1.82, 2.24) is 4.90 Å². The molecular formula is C20H21FN2O3. The smallest absolute Gasteiger partial charge is 0.253 e. The van der Waals surface area contributed by atoms with Crippen molar-refractivity contribution < 1.29 is 18.7 Å². The fraction of sp³-hybridized carbons (Fsp3) is 0.300. The Morgan fingerprint density at radius 3 is 2.58 bits per heavy atom. The Hall–Kier alpha value is -2.89. The van der Waals surface area contributed by atoms with Crippen molar-refractivity contribution in [3.05, 3.63) is 59.9 Å². The van der Waals surface area contributed by atoms with E-state index in [2.05, 4.69) is 0 Å². The summed E-state index contributed by atoms with van der Waals surface area (Å²) in [5.74, 6) is -0.283. The highest BCUT2D eigenvalue weighted by molar-refractivity contribution is 5.97. The number of benzene rings is 2. The number of carbonyl (C=O) groups is 2. The molecule has 136 valence electrons. The Labute approximate surface area is 152 Å². The average Bonchev–Trinajstić information content (AvgIpc) is 3.08. The van der Waals surface area contributed by atoms with Gasteiger partial charge in [0, 0.05) is 31.3 Å². The minimum absolute atomic E-state index is 0.117. The summed E-state index contributed by atoms with van der Waals surface area (Å²) in [7, 11) is 1.67. The summed E-state index contributed by atoms with van der Waals surface area (Å²) < 4.78 is 18.9. The van der Waals surface area contributed by atoms with Gasteiger partial charge in [0.25, 0.3) is 5.91 Å². The maximum absolute atomic E-state index is 13.5. The van der Waals surface area contributed by atoms with Gasteiger partial charge in [0.05, 0.1) is 6.54 Å². The third-order valence-electron chi connectivity index (χ3n) is 4.37. The van der Waals surface area contributed by atoms with Crippen molar-refractivity contribution in [1.29, 1.82) is 0 Å². The first kappa shape index (κ1) is 17.9. The molecule has 0 atom stereocenters. The number of hydrogen-bond donors (Lipinski definition) is 0. The minimum Gasteiger partial charge on any atom is -0.489 e. The topological polar surface area (TPSA) is 49.9 Å². The van der Waals surface area contributed by atoms with E-state index in [1.54, 1.807) is 54.4 Å². The van der Waals surface area contributed by atoms with Gasteiger partial charge < -0.3 is 14.5 Å². The third kappa shape index (κ3) is 4.02. The number of halogens is 1. The van der Waals surface area contributed by atoms with Crippen LogP contribution >= 0.6 is 0 Å². The Kier molecular flexibility index (Phi) is 5.51. The van der Waals surface area contributed by atoms with Gasteiger partial charge in [-0.25, -0.2) is 4.39 Å². The van der Waals surface area contributed by atoms with Crippen molar-refractivity contribution in [2.75, 3.05) is 31.6 Å². The highest BCUT2D eigenvalue weighted by Gasteiger charge is 2.22. The zero-order valence-electron chi connectivity index (χ0n) is 14.7. The maximum Gasteiger partial charge on any atom is 0.253 e. The van der Waals surface area contributed by atoms with Gasteiger partial charge in [0.1, 0.15) is 6.61 Å². The molecule has 5 nitrogen and oxygen atoms in total. The van der Waals surface area contributed by atoms with Gasteiger partial charge in [-0.3, -0.25) is 9.59 Å². The molecule has 0 aromatic heterocycles. The first-order valence-electron chi connectivity index (χ1n) is 8.59. The van der Waals surface area contributed by atoms with Gasteiger partial charge >= 0.3 is 0 Å². The van der Waals surface area contributed by atoms with Crippen molar-refractivity contribution in [2.45, 2.75) is 12.8 Å². The number of ether oxygens (including phenoxy) is 1. The fourth-order valence-corrected chi connectivity index (χ4v) is 2.88. The molecule has 0 unspecified atom stereocenters. The number of carbonyl (C=O) groups excluding carboxylic acids is 2. The summed E-state index contributed by atoms with van der Waals surface area (Å²) in [5.41, 5.74) is 1.35. The molecule has 26 heavy (non-hydrogen) atoms.